The summed E-state index contributed by atoms with van der Waals surface area (Å²) >= 11 is 1.71. The number of benzene rings is 5. The van der Waals surface area contributed by atoms with Crippen LogP contribution in [0.15, 0.2) is 146 Å². The molecule has 8 rings (SSSR count). The van der Waals surface area contributed by atoms with E-state index in [1.165, 1.54) is 10.1 Å². The van der Waals surface area contributed by atoms with Crippen molar-refractivity contribution in [1.29, 1.82) is 0 Å². The van der Waals surface area contributed by atoms with Crippen LogP contribution in [-0.2, 0) is 0 Å². The Labute approximate surface area is 253 Å². The zero-order chi connectivity index (χ0) is 28.6. The summed E-state index contributed by atoms with van der Waals surface area (Å²) in [5.41, 5.74) is 7.95. The molecule has 0 aliphatic carbocycles. The average Bonchev–Trinajstić information content (AvgIpc) is 3.47. The molecule has 4 nitrogen and oxygen atoms in total. The maximum Gasteiger partial charge on any atom is 0.161 e. The van der Waals surface area contributed by atoms with Gasteiger partial charge in [-0.05, 0) is 11.6 Å². The van der Waals surface area contributed by atoms with Crippen LogP contribution in [0.3, 0.4) is 0 Å². The zero-order valence-electron chi connectivity index (χ0n) is 23.1. The fraction of sp³-hybridized carbons (Fsp3) is 0. The molecule has 202 valence electrons. The largest absolute Gasteiger partial charge is 0.236 e. The van der Waals surface area contributed by atoms with Gasteiger partial charge in [-0.1, -0.05) is 133 Å². The lowest BCUT2D eigenvalue weighted by atomic mass is 9.99. The Kier molecular flexibility index (Phi) is 6.28. The van der Waals surface area contributed by atoms with E-state index in [0.717, 1.165) is 55.0 Å². The van der Waals surface area contributed by atoms with Gasteiger partial charge in [-0.2, -0.15) is 0 Å². The lowest BCUT2D eigenvalue weighted by Gasteiger charge is -2.12. The molecular formula is C38H24N4S. The zero-order valence-corrected chi connectivity index (χ0v) is 23.9. The molecule has 3 heterocycles. The monoisotopic (exact) mass is 568 g/mol. The van der Waals surface area contributed by atoms with Gasteiger partial charge in [-0.3, -0.25) is 0 Å². The van der Waals surface area contributed by atoms with E-state index in [4.69, 9.17) is 19.9 Å². The molecule has 5 aromatic carbocycles. The number of hydrogen-bond acceptors (Lipinski definition) is 5. The summed E-state index contributed by atoms with van der Waals surface area (Å²) in [4.78, 5) is 21.0. The number of nitrogens with zero attached hydrogens (tertiary/aromatic N) is 4. The van der Waals surface area contributed by atoms with E-state index in [2.05, 4.69) is 84.9 Å². The predicted octanol–water partition coefficient (Wildman–Crippen LogP) is 9.97. The number of rotatable bonds is 5. The molecule has 0 saturated heterocycles. The maximum absolute atomic E-state index is 5.15. The van der Waals surface area contributed by atoms with Gasteiger partial charge in [0.05, 0.1) is 11.4 Å². The first-order chi connectivity index (χ1) is 21.3. The molecule has 0 atom stereocenters. The van der Waals surface area contributed by atoms with E-state index in [9.17, 15) is 0 Å². The number of hydrogen-bond donors (Lipinski definition) is 0. The average molecular weight is 569 g/mol. The maximum atomic E-state index is 5.15. The second kappa shape index (κ2) is 10.7. The highest BCUT2D eigenvalue weighted by atomic mass is 32.1. The van der Waals surface area contributed by atoms with E-state index in [1.807, 2.05) is 60.8 Å². The Bertz CT molecular complexity index is 2210. The van der Waals surface area contributed by atoms with Crippen molar-refractivity contribution in [3.05, 3.63) is 146 Å². The minimum absolute atomic E-state index is 0.707. The number of fused-ring (bicyclic) bond motifs is 3. The van der Waals surface area contributed by atoms with E-state index in [-0.39, 0.29) is 0 Å². The minimum Gasteiger partial charge on any atom is -0.236 e. The van der Waals surface area contributed by atoms with Crippen LogP contribution in [0, 0.1) is 0 Å². The summed E-state index contributed by atoms with van der Waals surface area (Å²) in [5.74, 6) is 1.42. The minimum atomic E-state index is 0.707. The molecule has 0 radical (unpaired) electrons. The van der Waals surface area contributed by atoms with Gasteiger partial charge < -0.3 is 0 Å². The first-order valence-electron chi connectivity index (χ1n) is 14.2. The molecule has 0 aliphatic rings. The van der Waals surface area contributed by atoms with Crippen molar-refractivity contribution < 1.29 is 0 Å². The molecule has 8 aromatic rings. The highest BCUT2D eigenvalue weighted by molar-refractivity contribution is 7.25. The summed E-state index contributed by atoms with van der Waals surface area (Å²) in [5, 5.41) is 2.30. The van der Waals surface area contributed by atoms with Crippen LogP contribution < -0.4 is 0 Å². The van der Waals surface area contributed by atoms with Gasteiger partial charge >= 0.3 is 0 Å². The molecular weight excluding hydrogens is 545 g/mol. The normalized spacial score (nSPS) is 11.3. The molecule has 3 aromatic heterocycles. The third kappa shape index (κ3) is 4.66. The first kappa shape index (κ1) is 25.2. The Morgan fingerprint density at radius 2 is 0.953 bits per heavy atom. The Balaban J connectivity index is 1.24. The molecule has 5 heteroatoms. The van der Waals surface area contributed by atoms with Crippen molar-refractivity contribution in [1.82, 2.24) is 19.9 Å². The van der Waals surface area contributed by atoms with Gasteiger partial charge in [0, 0.05) is 49.5 Å². The highest BCUT2D eigenvalue weighted by Crippen LogP contribution is 2.40. The van der Waals surface area contributed by atoms with Crippen LogP contribution in [0.4, 0.5) is 0 Å². The van der Waals surface area contributed by atoms with Crippen molar-refractivity contribution in [3.8, 4) is 56.4 Å². The van der Waals surface area contributed by atoms with Crippen molar-refractivity contribution in [2.45, 2.75) is 0 Å². The van der Waals surface area contributed by atoms with E-state index in [0.29, 0.717) is 11.6 Å². The van der Waals surface area contributed by atoms with Gasteiger partial charge in [0.15, 0.2) is 11.6 Å². The van der Waals surface area contributed by atoms with Crippen molar-refractivity contribution in [3.63, 3.8) is 0 Å². The number of aromatic nitrogens is 4. The summed E-state index contributed by atoms with van der Waals surface area (Å²) < 4.78 is 1.21. The SMILES string of the molecule is c1ccc(-c2ncc(-c3ccc(-c4nc(-c5ccccc5)c5c(n4)sc4ccccc45)cc3)c(-c3ccccc3)n2)cc1. The fourth-order valence-corrected chi connectivity index (χ4v) is 6.57. The van der Waals surface area contributed by atoms with Crippen LogP contribution in [0.5, 0.6) is 0 Å². The highest BCUT2D eigenvalue weighted by Gasteiger charge is 2.17. The van der Waals surface area contributed by atoms with Crippen molar-refractivity contribution in [2.24, 2.45) is 0 Å². The number of thiophene rings is 1. The molecule has 0 aliphatic heterocycles. The quantitative estimate of drug-likeness (QED) is 0.207. The van der Waals surface area contributed by atoms with E-state index in [1.54, 1.807) is 11.3 Å². The van der Waals surface area contributed by atoms with Gasteiger partial charge in [0.25, 0.3) is 0 Å². The second-order valence-corrected chi connectivity index (χ2v) is 11.3. The topological polar surface area (TPSA) is 51.6 Å². The Morgan fingerprint density at radius 1 is 0.419 bits per heavy atom. The van der Waals surface area contributed by atoms with Crippen molar-refractivity contribution >= 4 is 31.6 Å². The standard InChI is InChI=1S/C38H24N4S/c1-4-12-26(13-5-1)34-31(24-39-36(40-34)28-16-8-3-9-17-28)25-20-22-29(23-21-25)37-41-35(27-14-6-2-7-15-27)33-30-18-10-11-19-32(30)43-38(33)42-37/h1-24H. The lowest BCUT2D eigenvalue weighted by molar-refractivity contribution is 1.18. The molecule has 43 heavy (non-hydrogen) atoms. The third-order valence-corrected chi connectivity index (χ3v) is 8.67. The van der Waals surface area contributed by atoms with Crippen LogP contribution in [0.1, 0.15) is 0 Å². The molecule has 0 unspecified atom stereocenters. The summed E-state index contributed by atoms with van der Waals surface area (Å²) in [7, 11) is 0. The molecule has 0 spiro atoms. The van der Waals surface area contributed by atoms with Crippen molar-refractivity contribution in [2.75, 3.05) is 0 Å². The summed E-state index contributed by atoms with van der Waals surface area (Å²) in [6, 6.07) is 47.7. The molecule has 0 bridgehead atoms. The van der Waals surface area contributed by atoms with Gasteiger partial charge in [0.2, 0.25) is 0 Å². The van der Waals surface area contributed by atoms with E-state index >= 15 is 0 Å². The smallest absolute Gasteiger partial charge is 0.161 e. The Morgan fingerprint density at radius 3 is 1.65 bits per heavy atom. The summed E-state index contributed by atoms with van der Waals surface area (Å²) in [6.45, 7) is 0. The Hall–Kier alpha value is -5.52. The molecule has 0 amide bonds. The first-order valence-corrected chi connectivity index (χ1v) is 15.0. The van der Waals surface area contributed by atoms with Gasteiger partial charge in [-0.25, -0.2) is 19.9 Å². The molecule has 0 fully saturated rings. The van der Waals surface area contributed by atoms with Gasteiger partial charge in [0.1, 0.15) is 4.83 Å². The second-order valence-electron chi connectivity index (χ2n) is 10.3. The third-order valence-electron chi connectivity index (χ3n) is 7.61. The predicted molar refractivity (Wildman–Crippen MR) is 178 cm³/mol. The molecule has 0 saturated carbocycles. The van der Waals surface area contributed by atoms with Crippen LogP contribution in [-0.4, -0.2) is 19.9 Å². The van der Waals surface area contributed by atoms with Gasteiger partial charge in [-0.15, -0.1) is 11.3 Å². The molecule has 0 N–H and O–H groups in total. The van der Waals surface area contributed by atoms with Crippen LogP contribution in [0.25, 0.3) is 76.7 Å². The van der Waals surface area contributed by atoms with E-state index < -0.39 is 0 Å². The fourth-order valence-electron chi connectivity index (χ4n) is 5.49. The van der Waals surface area contributed by atoms with Crippen LogP contribution in [0.2, 0.25) is 0 Å². The lowest BCUT2D eigenvalue weighted by Crippen LogP contribution is -1.96. The summed E-state index contributed by atoms with van der Waals surface area (Å²) in [6.07, 6.45) is 1.93. The van der Waals surface area contributed by atoms with Crippen LogP contribution >= 0.6 is 11.3 Å².